The Kier molecular flexibility index (Phi) is 4.92. The number of aromatic nitrogens is 2. The number of hydrogen-bond donors (Lipinski definition) is 2. The minimum atomic E-state index is -0.344. The van der Waals surface area contributed by atoms with Gasteiger partial charge in [-0.3, -0.25) is 4.79 Å². The van der Waals surface area contributed by atoms with E-state index in [9.17, 15) is 9.90 Å². The zero-order chi connectivity index (χ0) is 23.6. The fourth-order valence-electron chi connectivity index (χ4n) is 8.38. The largest absolute Gasteiger partial charge is 0.392 e. The van der Waals surface area contributed by atoms with Crippen molar-refractivity contribution in [2.45, 2.75) is 63.1 Å². The molecular weight excluding hydrogens is 434 g/mol. The molecule has 4 atom stereocenters. The van der Waals surface area contributed by atoms with Gasteiger partial charge in [0, 0.05) is 11.6 Å². The summed E-state index contributed by atoms with van der Waals surface area (Å²) in [6.45, 7) is 0. The number of benzene rings is 2. The Morgan fingerprint density at radius 2 is 1.80 bits per heavy atom. The maximum Gasteiger partial charge on any atom is 0.224 e. The smallest absolute Gasteiger partial charge is 0.224 e. The van der Waals surface area contributed by atoms with Crippen LogP contribution in [-0.4, -0.2) is 32.7 Å². The van der Waals surface area contributed by atoms with Crippen molar-refractivity contribution in [3.63, 3.8) is 0 Å². The molecule has 2 N–H and O–H groups in total. The van der Waals surface area contributed by atoms with Crippen LogP contribution in [0, 0.1) is 23.2 Å². The monoisotopic (exact) mass is 467 g/mol. The first-order chi connectivity index (χ1) is 17.1. The van der Waals surface area contributed by atoms with Crippen LogP contribution in [0.1, 0.15) is 55.7 Å². The van der Waals surface area contributed by atoms with Crippen LogP contribution in [-0.2, 0) is 11.2 Å². The molecule has 4 saturated carbocycles. The van der Waals surface area contributed by atoms with Crippen LogP contribution in [0.3, 0.4) is 0 Å². The molecule has 2 heterocycles. The average Bonchev–Trinajstić information content (AvgIpc) is 3.44. The Morgan fingerprint density at radius 3 is 2.60 bits per heavy atom. The molecule has 4 bridgehead atoms. The molecule has 180 valence electrons. The fourth-order valence-corrected chi connectivity index (χ4v) is 8.38. The van der Waals surface area contributed by atoms with Gasteiger partial charge < -0.3 is 15.0 Å². The number of imidazole rings is 1. The molecule has 4 unspecified atom stereocenters. The number of rotatable bonds is 6. The minimum absolute atomic E-state index is 0.0184. The summed E-state index contributed by atoms with van der Waals surface area (Å²) in [6, 6.07) is 19.0. The lowest BCUT2D eigenvalue weighted by molar-refractivity contribution is -0.145. The summed E-state index contributed by atoms with van der Waals surface area (Å²) in [4.78, 5) is 17.3. The highest BCUT2D eigenvalue weighted by Gasteiger charge is 2.58. The van der Waals surface area contributed by atoms with Crippen LogP contribution in [0.2, 0.25) is 0 Å². The molecule has 3 aromatic rings. The van der Waals surface area contributed by atoms with E-state index in [0.29, 0.717) is 24.2 Å². The first-order valence-electron chi connectivity index (χ1n) is 13.2. The van der Waals surface area contributed by atoms with E-state index in [1.54, 1.807) is 0 Å². The molecule has 4 aliphatic carbocycles. The van der Waals surface area contributed by atoms with Gasteiger partial charge >= 0.3 is 0 Å². The van der Waals surface area contributed by atoms with Gasteiger partial charge in [-0.15, -0.1) is 0 Å². The van der Waals surface area contributed by atoms with E-state index in [4.69, 9.17) is 0 Å². The van der Waals surface area contributed by atoms with Gasteiger partial charge in [0.25, 0.3) is 0 Å². The first kappa shape index (κ1) is 21.4. The van der Waals surface area contributed by atoms with Crippen molar-refractivity contribution in [1.29, 1.82) is 0 Å². The highest BCUT2D eigenvalue weighted by Crippen LogP contribution is 2.62. The number of hydrogen-bond acceptors (Lipinski definition) is 3. The minimum Gasteiger partial charge on any atom is -0.392 e. The maximum absolute atomic E-state index is 12.9. The first-order valence-corrected chi connectivity index (χ1v) is 13.2. The lowest BCUT2D eigenvalue weighted by Crippen LogP contribution is -2.62. The van der Waals surface area contributed by atoms with E-state index in [2.05, 4.69) is 39.1 Å². The summed E-state index contributed by atoms with van der Waals surface area (Å²) >= 11 is 0. The Bertz CT molecular complexity index is 1240. The van der Waals surface area contributed by atoms with Gasteiger partial charge in [-0.2, -0.15) is 0 Å². The van der Waals surface area contributed by atoms with Gasteiger partial charge in [0.2, 0.25) is 5.91 Å². The number of fused-ring (bicyclic) bond motifs is 3. The Labute approximate surface area is 206 Å². The normalized spacial score (nSPS) is 32.8. The van der Waals surface area contributed by atoms with E-state index < -0.39 is 0 Å². The van der Waals surface area contributed by atoms with Crippen molar-refractivity contribution >= 4 is 5.91 Å². The summed E-state index contributed by atoms with van der Waals surface area (Å²) in [5.74, 6) is 1.79. The zero-order valence-electron chi connectivity index (χ0n) is 20.0. The highest BCUT2D eigenvalue weighted by molar-refractivity contribution is 5.79. The highest BCUT2D eigenvalue weighted by atomic mass is 16.3. The topological polar surface area (TPSA) is 67.2 Å². The molecule has 1 aliphatic heterocycles. The van der Waals surface area contributed by atoms with Crippen LogP contribution in [0.4, 0.5) is 0 Å². The number of carbonyl (C=O) groups excluding carboxylic acids is 1. The summed E-state index contributed by atoms with van der Waals surface area (Å²) in [6.07, 6.45) is 10.3. The number of nitrogens with one attached hydrogen (secondary N) is 1. The van der Waals surface area contributed by atoms with Gasteiger partial charge in [0.05, 0.1) is 36.8 Å². The molecule has 5 heteroatoms. The van der Waals surface area contributed by atoms with Crippen molar-refractivity contribution in [3.8, 4) is 11.3 Å². The fraction of sp³-hybridized carbons (Fsp3) is 0.467. The number of aliphatic hydroxyl groups excluding tert-OH is 1. The summed E-state index contributed by atoms with van der Waals surface area (Å²) in [7, 11) is 0. The van der Waals surface area contributed by atoms with Crippen LogP contribution in [0.25, 0.3) is 11.3 Å². The molecule has 0 saturated heterocycles. The van der Waals surface area contributed by atoms with E-state index in [-0.39, 0.29) is 29.5 Å². The van der Waals surface area contributed by atoms with E-state index in [1.807, 2.05) is 42.9 Å². The number of amides is 1. The second-order valence-electron chi connectivity index (χ2n) is 11.6. The van der Waals surface area contributed by atoms with Gasteiger partial charge in [-0.1, -0.05) is 54.6 Å². The maximum atomic E-state index is 12.9. The predicted octanol–water partition coefficient (Wildman–Crippen LogP) is 4.76. The quantitative estimate of drug-likeness (QED) is 0.549. The molecule has 2 aromatic carbocycles. The second kappa shape index (κ2) is 8.06. The molecule has 1 aromatic heterocycles. The zero-order valence-corrected chi connectivity index (χ0v) is 20.0. The lowest BCUT2D eigenvalue weighted by atomic mass is 9.46. The van der Waals surface area contributed by atoms with Gasteiger partial charge in [0.1, 0.15) is 0 Å². The predicted molar refractivity (Wildman–Crippen MR) is 134 cm³/mol. The summed E-state index contributed by atoms with van der Waals surface area (Å²) in [5, 5.41) is 15.2. The van der Waals surface area contributed by atoms with E-state index in [1.165, 1.54) is 24.0 Å². The van der Waals surface area contributed by atoms with Crippen LogP contribution < -0.4 is 5.32 Å². The third-order valence-corrected chi connectivity index (χ3v) is 9.61. The van der Waals surface area contributed by atoms with Gasteiger partial charge in [0.15, 0.2) is 0 Å². The SMILES string of the molecule is O=C(Cc1ccccc1)NC1C2CC3CC1CC(C(O)CC1c4ccccc4-c4cncn41)(C3)C2. The number of aliphatic hydroxyl groups is 1. The Morgan fingerprint density at radius 1 is 1.06 bits per heavy atom. The molecular formula is C30H33N3O2. The third kappa shape index (κ3) is 3.47. The standard InChI is InChI=1S/C30H33N3O2/c34-27(13-25-23-8-4-5-9-24(23)26-17-31-18-33(25)26)30-14-20-10-21(15-30)29(22(11-20)16-30)32-28(35)12-19-6-2-1-3-7-19/h1-9,17-18,20-22,25,27,29,34H,10-16H2,(H,32,35). The summed E-state index contributed by atoms with van der Waals surface area (Å²) in [5.41, 5.74) is 4.75. The molecule has 5 aliphatic rings. The number of nitrogens with zero attached hydrogens (tertiary/aromatic N) is 2. The van der Waals surface area contributed by atoms with Crippen molar-refractivity contribution in [3.05, 3.63) is 78.2 Å². The molecule has 4 fully saturated rings. The second-order valence-corrected chi connectivity index (χ2v) is 11.6. The van der Waals surface area contributed by atoms with Gasteiger partial charge in [-0.25, -0.2) is 4.98 Å². The lowest BCUT2D eigenvalue weighted by Gasteiger charge is -2.61. The average molecular weight is 468 g/mol. The van der Waals surface area contributed by atoms with Gasteiger partial charge in [-0.05, 0) is 72.8 Å². The number of carbonyl (C=O) groups is 1. The van der Waals surface area contributed by atoms with Crippen molar-refractivity contribution < 1.29 is 9.90 Å². The molecule has 0 spiro atoms. The molecule has 5 nitrogen and oxygen atoms in total. The molecule has 0 radical (unpaired) electrons. The summed E-state index contributed by atoms with van der Waals surface area (Å²) < 4.78 is 2.25. The van der Waals surface area contributed by atoms with Crippen molar-refractivity contribution in [2.75, 3.05) is 0 Å². The Balaban J connectivity index is 1.08. The van der Waals surface area contributed by atoms with E-state index >= 15 is 0 Å². The molecule has 8 rings (SSSR count). The molecule has 1 amide bonds. The van der Waals surface area contributed by atoms with Crippen LogP contribution in [0.5, 0.6) is 0 Å². The van der Waals surface area contributed by atoms with Crippen LogP contribution >= 0.6 is 0 Å². The molecule has 35 heavy (non-hydrogen) atoms. The Hall–Kier alpha value is -2.92. The third-order valence-electron chi connectivity index (χ3n) is 9.61. The van der Waals surface area contributed by atoms with Crippen molar-refractivity contribution in [1.82, 2.24) is 14.9 Å². The van der Waals surface area contributed by atoms with Crippen LogP contribution in [0.15, 0.2) is 67.1 Å². The van der Waals surface area contributed by atoms with Crippen molar-refractivity contribution in [2.24, 2.45) is 23.2 Å². The van der Waals surface area contributed by atoms with E-state index in [0.717, 1.165) is 36.9 Å².